The Labute approximate surface area is 64.7 Å². The van der Waals surface area contributed by atoms with Gasteiger partial charge in [0.1, 0.15) is 6.79 Å². The highest BCUT2D eigenvalue weighted by molar-refractivity contribution is 7.98. The molecule has 0 radical (unpaired) electrons. The number of thioether (sulfide) groups is 2. The molecule has 0 aromatic heterocycles. The first kappa shape index (κ1) is 9.62. The summed E-state index contributed by atoms with van der Waals surface area (Å²) in [7, 11) is 0. The lowest BCUT2D eigenvalue weighted by molar-refractivity contribution is -0.0163. The highest BCUT2D eigenvalue weighted by Gasteiger charge is 1.83. The molecule has 9 heavy (non-hydrogen) atoms. The maximum Gasteiger partial charge on any atom is 0.148 e. The largest absolute Gasteiger partial charge is 0.345 e. The van der Waals surface area contributed by atoms with Crippen molar-refractivity contribution in [1.29, 1.82) is 0 Å². The van der Waals surface area contributed by atoms with E-state index in [2.05, 4.69) is 0 Å². The summed E-state index contributed by atoms with van der Waals surface area (Å²) in [5, 5.41) is 0. The Morgan fingerprint density at radius 2 is 1.44 bits per heavy atom. The molecule has 2 nitrogen and oxygen atoms in total. The quantitative estimate of drug-likeness (QED) is 0.443. The van der Waals surface area contributed by atoms with E-state index in [0.717, 1.165) is 0 Å². The Kier molecular flexibility index (Phi) is 9.21. The Morgan fingerprint density at radius 1 is 1.00 bits per heavy atom. The van der Waals surface area contributed by atoms with Gasteiger partial charge in [0.15, 0.2) is 0 Å². The summed E-state index contributed by atoms with van der Waals surface area (Å²) in [6.45, 7) is 0.418. The van der Waals surface area contributed by atoms with Gasteiger partial charge in [0.05, 0.1) is 11.9 Å². The fourth-order valence-electron chi connectivity index (χ4n) is 0.294. The second-order valence-corrected chi connectivity index (χ2v) is 2.97. The molecule has 0 saturated carbocycles. The van der Waals surface area contributed by atoms with Crippen molar-refractivity contribution in [3.8, 4) is 0 Å². The predicted molar refractivity (Wildman–Crippen MR) is 43.8 cm³/mol. The summed E-state index contributed by atoms with van der Waals surface area (Å²) in [5.74, 6) is 1.43. The smallest absolute Gasteiger partial charge is 0.148 e. The van der Waals surface area contributed by atoms with Crippen molar-refractivity contribution in [3.63, 3.8) is 0 Å². The van der Waals surface area contributed by atoms with Crippen molar-refractivity contribution >= 4 is 23.5 Å². The van der Waals surface area contributed by atoms with Gasteiger partial charge in [-0.1, -0.05) is 0 Å². The first-order valence-electron chi connectivity index (χ1n) is 2.55. The van der Waals surface area contributed by atoms with Gasteiger partial charge in [-0.2, -0.15) is 0 Å². The minimum Gasteiger partial charge on any atom is -0.345 e. The fraction of sp³-hybridized carbons (Fsp3) is 1.00. The molecule has 0 spiro atoms. The normalized spacial score (nSPS) is 10.0. The second-order valence-electron chi connectivity index (χ2n) is 1.34. The number of ether oxygens (including phenoxy) is 2. The number of hydrogen-bond donors (Lipinski definition) is 0. The highest BCUT2D eigenvalue weighted by Crippen LogP contribution is 1.95. The minimum atomic E-state index is 0.418. The molecule has 0 fully saturated rings. The van der Waals surface area contributed by atoms with Crippen molar-refractivity contribution in [1.82, 2.24) is 0 Å². The SMILES string of the molecule is CSCOCOCSC. The van der Waals surface area contributed by atoms with Crippen molar-refractivity contribution in [2.75, 3.05) is 31.2 Å². The third-order valence-electron chi connectivity index (χ3n) is 0.569. The third kappa shape index (κ3) is 8.62. The van der Waals surface area contributed by atoms with Crippen LogP contribution in [0.15, 0.2) is 0 Å². The van der Waals surface area contributed by atoms with E-state index >= 15 is 0 Å². The monoisotopic (exact) mass is 168 g/mol. The van der Waals surface area contributed by atoms with Crippen LogP contribution in [-0.2, 0) is 9.47 Å². The van der Waals surface area contributed by atoms with Gasteiger partial charge in [-0.3, -0.25) is 0 Å². The van der Waals surface area contributed by atoms with Gasteiger partial charge in [0, 0.05) is 0 Å². The Bertz CT molecular complexity index is 46.2. The van der Waals surface area contributed by atoms with Gasteiger partial charge in [-0.25, -0.2) is 0 Å². The van der Waals surface area contributed by atoms with Gasteiger partial charge in [0.2, 0.25) is 0 Å². The number of rotatable bonds is 6. The molecule has 0 aromatic carbocycles. The summed E-state index contributed by atoms with van der Waals surface area (Å²) in [5.41, 5.74) is 0. The highest BCUT2D eigenvalue weighted by atomic mass is 32.2. The molecule has 0 aromatic rings. The molecule has 0 saturated heterocycles. The van der Waals surface area contributed by atoms with Crippen LogP contribution in [-0.4, -0.2) is 31.2 Å². The summed E-state index contributed by atoms with van der Waals surface area (Å²) >= 11 is 3.30. The van der Waals surface area contributed by atoms with Crippen molar-refractivity contribution in [3.05, 3.63) is 0 Å². The van der Waals surface area contributed by atoms with Crippen LogP contribution in [0, 0.1) is 0 Å². The van der Waals surface area contributed by atoms with E-state index in [1.54, 1.807) is 23.5 Å². The summed E-state index contributed by atoms with van der Waals surface area (Å²) in [6, 6.07) is 0. The molecule has 0 aliphatic heterocycles. The zero-order valence-corrected chi connectivity index (χ0v) is 7.39. The average Bonchev–Trinajstić information content (AvgIpc) is 1.89. The lowest BCUT2D eigenvalue weighted by Crippen LogP contribution is -1.97. The van der Waals surface area contributed by atoms with Crippen LogP contribution < -0.4 is 0 Å². The van der Waals surface area contributed by atoms with Crippen LogP contribution in [0.1, 0.15) is 0 Å². The van der Waals surface area contributed by atoms with Gasteiger partial charge in [-0.15, -0.1) is 23.5 Å². The maximum atomic E-state index is 5.01. The molecule has 56 valence electrons. The molecule has 0 aliphatic carbocycles. The lowest BCUT2D eigenvalue weighted by Gasteiger charge is -2.00. The minimum absolute atomic E-state index is 0.418. The van der Waals surface area contributed by atoms with Crippen molar-refractivity contribution in [2.24, 2.45) is 0 Å². The Balaban J connectivity index is 2.60. The molecular formula is C5H12O2S2. The molecule has 4 heteroatoms. The van der Waals surface area contributed by atoms with E-state index in [9.17, 15) is 0 Å². The van der Waals surface area contributed by atoms with Gasteiger partial charge in [-0.05, 0) is 12.5 Å². The summed E-state index contributed by atoms with van der Waals surface area (Å²) in [4.78, 5) is 0. The van der Waals surface area contributed by atoms with E-state index < -0.39 is 0 Å². The first-order chi connectivity index (χ1) is 4.41. The predicted octanol–water partition coefficient (Wildman–Crippen LogP) is 1.62. The van der Waals surface area contributed by atoms with Crippen LogP contribution in [0.2, 0.25) is 0 Å². The van der Waals surface area contributed by atoms with Gasteiger partial charge >= 0.3 is 0 Å². The zero-order chi connectivity index (χ0) is 6.95. The fourth-order valence-corrected chi connectivity index (χ4v) is 0.763. The first-order valence-corrected chi connectivity index (χ1v) is 5.34. The van der Waals surface area contributed by atoms with E-state index in [-0.39, 0.29) is 0 Å². The molecule has 0 aliphatic rings. The Morgan fingerprint density at radius 3 is 1.78 bits per heavy atom. The van der Waals surface area contributed by atoms with Gasteiger partial charge in [0.25, 0.3) is 0 Å². The standard InChI is InChI=1S/C5H12O2S2/c1-8-4-6-3-7-5-9-2/h3-5H2,1-2H3. The van der Waals surface area contributed by atoms with E-state index in [1.165, 1.54) is 0 Å². The third-order valence-corrected chi connectivity index (χ3v) is 1.37. The number of hydrogen-bond acceptors (Lipinski definition) is 4. The van der Waals surface area contributed by atoms with E-state index in [4.69, 9.17) is 9.47 Å². The van der Waals surface area contributed by atoms with Crippen molar-refractivity contribution < 1.29 is 9.47 Å². The molecule has 0 atom stereocenters. The van der Waals surface area contributed by atoms with Crippen LogP contribution in [0.5, 0.6) is 0 Å². The molecule has 0 rings (SSSR count). The topological polar surface area (TPSA) is 18.5 Å². The zero-order valence-electron chi connectivity index (χ0n) is 5.75. The lowest BCUT2D eigenvalue weighted by atomic mass is 11.3. The van der Waals surface area contributed by atoms with Crippen molar-refractivity contribution in [2.45, 2.75) is 0 Å². The van der Waals surface area contributed by atoms with Crippen LogP contribution in [0.25, 0.3) is 0 Å². The Hall–Kier alpha value is 0.620. The van der Waals surface area contributed by atoms with Crippen LogP contribution >= 0.6 is 23.5 Å². The summed E-state index contributed by atoms with van der Waals surface area (Å²) in [6.07, 6.45) is 3.99. The van der Waals surface area contributed by atoms with E-state index in [1.807, 2.05) is 12.5 Å². The van der Waals surface area contributed by atoms with Crippen LogP contribution in [0.4, 0.5) is 0 Å². The average molecular weight is 168 g/mol. The molecule has 0 N–H and O–H groups in total. The maximum absolute atomic E-state index is 5.01. The molecule has 0 unspecified atom stereocenters. The second kappa shape index (κ2) is 8.62. The molecule has 0 amide bonds. The summed E-state index contributed by atoms with van der Waals surface area (Å²) < 4.78 is 10.0. The molecule has 0 heterocycles. The molecule has 0 bridgehead atoms. The van der Waals surface area contributed by atoms with Gasteiger partial charge < -0.3 is 9.47 Å². The molecular weight excluding hydrogens is 156 g/mol. The van der Waals surface area contributed by atoms with Crippen LogP contribution in [0.3, 0.4) is 0 Å². The van der Waals surface area contributed by atoms with E-state index in [0.29, 0.717) is 18.7 Å².